The highest BCUT2D eigenvalue weighted by Gasteiger charge is 2.28. The number of halogens is 1. The van der Waals surface area contributed by atoms with Crippen LogP contribution >= 0.6 is 0 Å². The molecule has 1 aromatic heterocycles. The quantitative estimate of drug-likeness (QED) is 0.911. The van der Waals surface area contributed by atoms with Crippen molar-refractivity contribution in [3.63, 3.8) is 0 Å². The number of rotatable bonds is 2. The van der Waals surface area contributed by atoms with Crippen LogP contribution in [0.4, 0.5) is 14.9 Å². The summed E-state index contributed by atoms with van der Waals surface area (Å²) < 4.78 is 13.1. The maximum absolute atomic E-state index is 13.1. The van der Waals surface area contributed by atoms with E-state index in [2.05, 4.69) is 10.3 Å². The van der Waals surface area contributed by atoms with Gasteiger partial charge in [-0.05, 0) is 49.1 Å². The summed E-state index contributed by atoms with van der Waals surface area (Å²) in [5.41, 5.74) is 1.70. The van der Waals surface area contributed by atoms with Gasteiger partial charge in [-0.15, -0.1) is 0 Å². The van der Waals surface area contributed by atoms with Crippen molar-refractivity contribution in [2.45, 2.75) is 25.3 Å². The molecule has 0 spiro atoms. The van der Waals surface area contributed by atoms with Crippen LogP contribution < -0.4 is 5.32 Å². The van der Waals surface area contributed by atoms with Crippen molar-refractivity contribution in [2.75, 3.05) is 11.9 Å². The van der Waals surface area contributed by atoms with E-state index in [4.69, 9.17) is 0 Å². The molecule has 0 saturated carbocycles. The molecule has 2 aromatic rings. The zero-order valence-corrected chi connectivity index (χ0v) is 12.2. The Bertz CT molecular complexity index is 630. The molecular weight excluding hydrogens is 281 g/mol. The highest BCUT2D eigenvalue weighted by Crippen LogP contribution is 2.31. The molecule has 1 atom stereocenters. The van der Waals surface area contributed by atoms with Gasteiger partial charge in [-0.25, -0.2) is 9.18 Å². The number of hydrogen-bond donors (Lipinski definition) is 1. The van der Waals surface area contributed by atoms with Gasteiger partial charge in [0.2, 0.25) is 0 Å². The fourth-order valence-electron chi connectivity index (χ4n) is 2.84. The number of nitrogens with one attached hydrogen (secondary N) is 1. The molecule has 0 bridgehead atoms. The van der Waals surface area contributed by atoms with Gasteiger partial charge in [-0.3, -0.25) is 4.98 Å². The van der Waals surface area contributed by atoms with E-state index in [1.807, 2.05) is 4.90 Å². The number of nitrogens with zero attached hydrogens (tertiary/aromatic N) is 2. The predicted molar refractivity (Wildman–Crippen MR) is 83.0 cm³/mol. The average Bonchev–Trinajstić information content (AvgIpc) is 2.56. The van der Waals surface area contributed by atoms with Gasteiger partial charge in [0.15, 0.2) is 0 Å². The Balaban J connectivity index is 1.77. The van der Waals surface area contributed by atoms with Gasteiger partial charge >= 0.3 is 6.03 Å². The average molecular weight is 299 g/mol. The number of anilines is 1. The van der Waals surface area contributed by atoms with Crippen LogP contribution in [0.1, 0.15) is 30.9 Å². The van der Waals surface area contributed by atoms with Crippen LogP contribution in [-0.4, -0.2) is 22.5 Å². The van der Waals surface area contributed by atoms with Crippen LogP contribution in [-0.2, 0) is 0 Å². The van der Waals surface area contributed by atoms with Crippen LogP contribution in [0.5, 0.6) is 0 Å². The Kier molecular flexibility index (Phi) is 4.32. The number of hydrogen-bond acceptors (Lipinski definition) is 2. The lowest BCUT2D eigenvalue weighted by Crippen LogP contribution is -2.41. The van der Waals surface area contributed by atoms with Crippen LogP contribution in [0.25, 0.3) is 0 Å². The number of carbonyl (C=O) groups excluding carboxylic acids is 1. The normalized spacial score (nSPS) is 18.0. The van der Waals surface area contributed by atoms with E-state index in [9.17, 15) is 9.18 Å². The fraction of sp³-hybridized carbons (Fsp3) is 0.294. The largest absolute Gasteiger partial charge is 0.322 e. The van der Waals surface area contributed by atoms with Crippen LogP contribution in [0.2, 0.25) is 0 Å². The molecule has 3 rings (SSSR count). The van der Waals surface area contributed by atoms with Gasteiger partial charge < -0.3 is 10.2 Å². The first kappa shape index (κ1) is 14.5. The van der Waals surface area contributed by atoms with E-state index in [1.54, 1.807) is 36.7 Å². The van der Waals surface area contributed by atoms with E-state index in [0.29, 0.717) is 6.54 Å². The zero-order chi connectivity index (χ0) is 15.4. The van der Waals surface area contributed by atoms with Crippen molar-refractivity contribution in [1.82, 2.24) is 9.88 Å². The number of amides is 2. The van der Waals surface area contributed by atoms with Crippen LogP contribution in [0.3, 0.4) is 0 Å². The van der Waals surface area contributed by atoms with E-state index in [-0.39, 0.29) is 17.9 Å². The number of aromatic nitrogens is 1. The van der Waals surface area contributed by atoms with Crippen LogP contribution in [0, 0.1) is 5.82 Å². The maximum atomic E-state index is 13.1. The number of pyridine rings is 1. The lowest BCUT2D eigenvalue weighted by molar-refractivity contribution is 0.163. The predicted octanol–water partition coefficient (Wildman–Crippen LogP) is 3.98. The lowest BCUT2D eigenvalue weighted by Gasteiger charge is -2.36. The molecule has 5 heteroatoms. The molecule has 0 aliphatic carbocycles. The van der Waals surface area contributed by atoms with Crippen molar-refractivity contribution in [3.05, 3.63) is 60.2 Å². The molecule has 0 radical (unpaired) electrons. The van der Waals surface area contributed by atoms with Crippen LogP contribution in [0.15, 0.2) is 48.8 Å². The summed E-state index contributed by atoms with van der Waals surface area (Å²) >= 11 is 0. The summed E-state index contributed by atoms with van der Waals surface area (Å²) in [4.78, 5) is 18.3. The maximum Gasteiger partial charge on any atom is 0.322 e. The van der Waals surface area contributed by atoms with E-state index < -0.39 is 0 Å². The third-order valence-electron chi connectivity index (χ3n) is 3.95. The highest BCUT2D eigenvalue weighted by molar-refractivity contribution is 5.89. The van der Waals surface area contributed by atoms with Gasteiger partial charge in [0, 0.05) is 24.6 Å². The first-order valence-corrected chi connectivity index (χ1v) is 7.47. The number of piperidine rings is 1. The molecule has 4 nitrogen and oxygen atoms in total. The van der Waals surface area contributed by atoms with Crippen molar-refractivity contribution >= 4 is 11.7 Å². The Morgan fingerprint density at radius 1 is 1.14 bits per heavy atom. The highest BCUT2D eigenvalue weighted by atomic mass is 19.1. The van der Waals surface area contributed by atoms with E-state index >= 15 is 0 Å². The van der Waals surface area contributed by atoms with Gasteiger partial charge in [0.25, 0.3) is 0 Å². The number of carbonyl (C=O) groups is 1. The first-order chi connectivity index (χ1) is 10.7. The standard InChI is InChI=1S/C17H18FN3O/c18-14-6-4-13(5-7-14)16-3-1-2-12-21(16)17(22)20-15-8-10-19-11-9-15/h4-11,16H,1-3,12H2,(H,19,20,22). The number of urea groups is 1. The van der Waals surface area contributed by atoms with Crippen molar-refractivity contribution in [2.24, 2.45) is 0 Å². The van der Waals surface area contributed by atoms with Gasteiger partial charge in [0.1, 0.15) is 5.82 Å². The third-order valence-corrected chi connectivity index (χ3v) is 3.95. The summed E-state index contributed by atoms with van der Waals surface area (Å²) in [6, 6.07) is 9.81. The molecule has 1 aromatic carbocycles. The summed E-state index contributed by atoms with van der Waals surface area (Å²) in [6.07, 6.45) is 6.24. The number of benzene rings is 1. The van der Waals surface area contributed by atoms with Gasteiger partial charge in [-0.1, -0.05) is 12.1 Å². The minimum Gasteiger partial charge on any atom is -0.317 e. The molecule has 1 aliphatic rings. The first-order valence-electron chi connectivity index (χ1n) is 7.47. The lowest BCUT2D eigenvalue weighted by atomic mass is 9.95. The van der Waals surface area contributed by atoms with Crippen molar-refractivity contribution in [1.29, 1.82) is 0 Å². The molecule has 2 heterocycles. The van der Waals surface area contributed by atoms with E-state index in [1.165, 1.54) is 12.1 Å². The molecule has 1 aliphatic heterocycles. The fourth-order valence-corrected chi connectivity index (χ4v) is 2.84. The number of likely N-dealkylation sites (tertiary alicyclic amines) is 1. The minimum atomic E-state index is -0.257. The molecule has 1 saturated heterocycles. The molecule has 1 fully saturated rings. The second kappa shape index (κ2) is 6.56. The SMILES string of the molecule is O=C(Nc1ccncc1)N1CCCCC1c1ccc(F)cc1. The molecule has 1 unspecified atom stereocenters. The topological polar surface area (TPSA) is 45.2 Å². The Morgan fingerprint density at radius 3 is 2.59 bits per heavy atom. The van der Waals surface area contributed by atoms with Crippen molar-refractivity contribution < 1.29 is 9.18 Å². The second-order valence-corrected chi connectivity index (χ2v) is 5.42. The van der Waals surface area contributed by atoms with Gasteiger partial charge in [-0.2, -0.15) is 0 Å². The molecule has 114 valence electrons. The Labute approximate surface area is 129 Å². The Hall–Kier alpha value is -2.43. The summed E-state index contributed by atoms with van der Waals surface area (Å²) in [7, 11) is 0. The molecule has 2 amide bonds. The molecule has 22 heavy (non-hydrogen) atoms. The second-order valence-electron chi connectivity index (χ2n) is 5.42. The third kappa shape index (κ3) is 3.24. The molecule has 1 N–H and O–H groups in total. The molecular formula is C17H18FN3O. The van der Waals surface area contributed by atoms with Crippen molar-refractivity contribution in [3.8, 4) is 0 Å². The monoisotopic (exact) mass is 299 g/mol. The smallest absolute Gasteiger partial charge is 0.317 e. The summed E-state index contributed by atoms with van der Waals surface area (Å²) in [5.74, 6) is -0.257. The summed E-state index contributed by atoms with van der Waals surface area (Å²) in [5, 5.41) is 2.90. The summed E-state index contributed by atoms with van der Waals surface area (Å²) in [6.45, 7) is 0.707. The zero-order valence-electron chi connectivity index (χ0n) is 12.2. The van der Waals surface area contributed by atoms with E-state index in [0.717, 1.165) is 30.5 Å². The minimum absolute atomic E-state index is 0.00353. The van der Waals surface area contributed by atoms with Gasteiger partial charge in [0.05, 0.1) is 6.04 Å². The Morgan fingerprint density at radius 2 is 1.86 bits per heavy atom.